The van der Waals surface area contributed by atoms with E-state index in [1.54, 1.807) is 11.8 Å². The van der Waals surface area contributed by atoms with Gasteiger partial charge in [0.1, 0.15) is 5.82 Å². The van der Waals surface area contributed by atoms with Gasteiger partial charge in [-0.2, -0.15) is 0 Å². The lowest BCUT2D eigenvalue weighted by atomic mass is 10.1. The van der Waals surface area contributed by atoms with Crippen LogP contribution in [0.15, 0.2) is 42.1 Å². The first-order chi connectivity index (χ1) is 10.8. The standard InChI is InChI=1S/C17H20ClN3S/c1-2-11-21-16(14-5-3-4-6-14)19-20-17(21)22-12-13-7-9-15(18)10-8-13/h2,7-10,14H,1,3-6,11-12H2. The zero-order chi connectivity index (χ0) is 15.4. The second-order valence-corrected chi connectivity index (χ2v) is 7.02. The number of hydrogen-bond acceptors (Lipinski definition) is 3. The minimum atomic E-state index is 0.567. The van der Waals surface area contributed by atoms with Gasteiger partial charge in [0.25, 0.3) is 0 Å². The highest BCUT2D eigenvalue weighted by Gasteiger charge is 2.24. The number of halogens is 1. The number of thioether (sulfide) groups is 1. The van der Waals surface area contributed by atoms with E-state index in [0.29, 0.717) is 5.92 Å². The number of rotatable bonds is 6. The molecule has 1 aliphatic rings. The first kappa shape index (κ1) is 15.6. The number of benzene rings is 1. The van der Waals surface area contributed by atoms with Crippen molar-refractivity contribution in [3.05, 3.63) is 53.3 Å². The van der Waals surface area contributed by atoms with E-state index in [4.69, 9.17) is 11.6 Å². The van der Waals surface area contributed by atoms with Crippen molar-refractivity contribution in [2.24, 2.45) is 0 Å². The van der Waals surface area contributed by atoms with Gasteiger partial charge in [-0.05, 0) is 30.5 Å². The summed E-state index contributed by atoms with van der Waals surface area (Å²) in [7, 11) is 0. The third-order valence-electron chi connectivity index (χ3n) is 4.06. The van der Waals surface area contributed by atoms with E-state index in [-0.39, 0.29) is 0 Å². The van der Waals surface area contributed by atoms with Crippen molar-refractivity contribution in [3.8, 4) is 0 Å². The molecule has 1 heterocycles. The predicted molar refractivity (Wildman–Crippen MR) is 92.4 cm³/mol. The largest absolute Gasteiger partial charge is 0.302 e. The van der Waals surface area contributed by atoms with Crippen molar-refractivity contribution in [2.75, 3.05) is 0 Å². The molecule has 0 N–H and O–H groups in total. The van der Waals surface area contributed by atoms with Gasteiger partial charge in [0, 0.05) is 23.2 Å². The molecule has 0 amide bonds. The van der Waals surface area contributed by atoms with Gasteiger partial charge in [0.05, 0.1) is 0 Å². The van der Waals surface area contributed by atoms with Crippen LogP contribution in [-0.2, 0) is 12.3 Å². The Hall–Kier alpha value is -1.26. The van der Waals surface area contributed by atoms with Crippen LogP contribution in [0.1, 0.15) is 43.0 Å². The number of nitrogens with zero attached hydrogens (tertiary/aromatic N) is 3. The molecular formula is C17H20ClN3S. The van der Waals surface area contributed by atoms with Gasteiger partial charge >= 0.3 is 0 Å². The van der Waals surface area contributed by atoms with Crippen LogP contribution in [0.3, 0.4) is 0 Å². The summed E-state index contributed by atoms with van der Waals surface area (Å²) >= 11 is 7.65. The zero-order valence-electron chi connectivity index (χ0n) is 12.5. The predicted octanol–water partition coefficient (Wildman–Crippen LogP) is 5.07. The molecule has 2 aromatic rings. The van der Waals surface area contributed by atoms with Crippen LogP contribution < -0.4 is 0 Å². The molecule has 0 spiro atoms. The van der Waals surface area contributed by atoms with E-state index in [2.05, 4.69) is 33.5 Å². The lowest BCUT2D eigenvalue weighted by molar-refractivity contribution is 0.594. The highest BCUT2D eigenvalue weighted by molar-refractivity contribution is 7.98. The molecule has 0 saturated heterocycles. The van der Waals surface area contributed by atoms with Crippen molar-refractivity contribution < 1.29 is 0 Å². The third kappa shape index (κ3) is 3.55. The molecule has 0 unspecified atom stereocenters. The van der Waals surface area contributed by atoms with E-state index in [0.717, 1.165) is 28.3 Å². The number of allylic oxidation sites excluding steroid dienone is 1. The first-order valence-corrected chi connectivity index (χ1v) is 9.05. The Kier molecular flexibility index (Phi) is 5.21. The van der Waals surface area contributed by atoms with Gasteiger partial charge in [-0.3, -0.25) is 0 Å². The Morgan fingerprint density at radius 2 is 1.95 bits per heavy atom. The molecule has 116 valence electrons. The van der Waals surface area contributed by atoms with Crippen LogP contribution in [-0.4, -0.2) is 14.8 Å². The summed E-state index contributed by atoms with van der Waals surface area (Å²) in [6.45, 7) is 4.65. The van der Waals surface area contributed by atoms with Gasteiger partial charge in [-0.15, -0.1) is 16.8 Å². The lowest BCUT2D eigenvalue weighted by Gasteiger charge is -2.11. The molecule has 0 aliphatic heterocycles. The quantitative estimate of drug-likeness (QED) is 0.546. The van der Waals surface area contributed by atoms with Crippen LogP contribution in [0.2, 0.25) is 5.02 Å². The molecule has 1 aromatic heterocycles. The van der Waals surface area contributed by atoms with E-state index in [1.807, 2.05) is 18.2 Å². The Balaban J connectivity index is 1.74. The summed E-state index contributed by atoms with van der Waals surface area (Å²) in [5, 5.41) is 10.6. The second kappa shape index (κ2) is 7.34. The Bertz CT molecular complexity index is 630. The Labute approximate surface area is 140 Å². The minimum Gasteiger partial charge on any atom is -0.302 e. The average Bonchev–Trinajstić information content (AvgIpc) is 3.17. The van der Waals surface area contributed by atoms with Crippen LogP contribution in [0, 0.1) is 0 Å². The molecule has 0 radical (unpaired) electrons. The van der Waals surface area contributed by atoms with Crippen LogP contribution >= 0.6 is 23.4 Å². The normalized spacial score (nSPS) is 15.3. The molecule has 1 aromatic carbocycles. The molecular weight excluding hydrogens is 314 g/mol. The number of aromatic nitrogens is 3. The molecule has 0 bridgehead atoms. The smallest absolute Gasteiger partial charge is 0.191 e. The van der Waals surface area contributed by atoms with Crippen LogP contribution in [0.5, 0.6) is 0 Å². The van der Waals surface area contributed by atoms with Crippen molar-refractivity contribution in [1.29, 1.82) is 0 Å². The van der Waals surface area contributed by atoms with Crippen molar-refractivity contribution >= 4 is 23.4 Å². The van der Waals surface area contributed by atoms with Crippen molar-refractivity contribution in [1.82, 2.24) is 14.8 Å². The van der Waals surface area contributed by atoms with Gasteiger partial charge < -0.3 is 4.57 Å². The first-order valence-electron chi connectivity index (χ1n) is 7.69. The minimum absolute atomic E-state index is 0.567. The zero-order valence-corrected chi connectivity index (χ0v) is 14.1. The second-order valence-electron chi connectivity index (χ2n) is 5.64. The Morgan fingerprint density at radius 1 is 1.23 bits per heavy atom. The van der Waals surface area contributed by atoms with E-state index >= 15 is 0 Å². The van der Waals surface area contributed by atoms with E-state index < -0.39 is 0 Å². The summed E-state index contributed by atoms with van der Waals surface area (Å²) < 4.78 is 2.23. The van der Waals surface area contributed by atoms with Crippen molar-refractivity contribution in [3.63, 3.8) is 0 Å². The summed E-state index contributed by atoms with van der Waals surface area (Å²) in [4.78, 5) is 0. The summed E-state index contributed by atoms with van der Waals surface area (Å²) in [6.07, 6.45) is 7.00. The fraction of sp³-hybridized carbons (Fsp3) is 0.412. The van der Waals surface area contributed by atoms with Gasteiger partial charge in [0.15, 0.2) is 5.16 Å². The molecule has 5 heteroatoms. The average molecular weight is 334 g/mol. The van der Waals surface area contributed by atoms with Crippen molar-refractivity contribution in [2.45, 2.75) is 49.1 Å². The highest BCUT2D eigenvalue weighted by atomic mass is 35.5. The summed E-state index contributed by atoms with van der Waals surface area (Å²) in [6, 6.07) is 7.97. The van der Waals surface area contributed by atoms with E-state index in [1.165, 1.54) is 31.2 Å². The maximum atomic E-state index is 5.93. The molecule has 3 nitrogen and oxygen atoms in total. The third-order valence-corrected chi connectivity index (χ3v) is 5.35. The molecule has 1 saturated carbocycles. The molecule has 1 aliphatic carbocycles. The molecule has 0 atom stereocenters. The molecule has 1 fully saturated rings. The monoisotopic (exact) mass is 333 g/mol. The SMILES string of the molecule is C=CCn1c(SCc2ccc(Cl)cc2)nnc1C1CCCC1. The van der Waals surface area contributed by atoms with Gasteiger partial charge in [-0.25, -0.2) is 0 Å². The Morgan fingerprint density at radius 3 is 2.64 bits per heavy atom. The topological polar surface area (TPSA) is 30.7 Å². The highest BCUT2D eigenvalue weighted by Crippen LogP contribution is 2.35. The molecule has 3 rings (SSSR count). The maximum Gasteiger partial charge on any atom is 0.191 e. The fourth-order valence-electron chi connectivity index (χ4n) is 2.92. The molecule has 22 heavy (non-hydrogen) atoms. The fourth-order valence-corrected chi connectivity index (χ4v) is 3.96. The maximum absolute atomic E-state index is 5.93. The van der Waals surface area contributed by atoms with Gasteiger partial charge in [-0.1, -0.05) is 54.4 Å². The summed E-state index contributed by atoms with van der Waals surface area (Å²) in [5.74, 6) is 2.57. The van der Waals surface area contributed by atoms with Crippen LogP contribution in [0.4, 0.5) is 0 Å². The van der Waals surface area contributed by atoms with E-state index in [9.17, 15) is 0 Å². The summed E-state index contributed by atoms with van der Waals surface area (Å²) in [5.41, 5.74) is 1.24. The number of hydrogen-bond donors (Lipinski definition) is 0. The lowest BCUT2D eigenvalue weighted by Crippen LogP contribution is -2.07. The van der Waals surface area contributed by atoms with Gasteiger partial charge in [0.2, 0.25) is 0 Å². The van der Waals surface area contributed by atoms with Crippen LogP contribution in [0.25, 0.3) is 0 Å².